The summed E-state index contributed by atoms with van der Waals surface area (Å²) >= 11 is 3.62. The second-order valence-corrected chi connectivity index (χ2v) is 6.49. The molecule has 0 saturated carbocycles. The molecule has 1 atom stereocenters. The van der Waals surface area contributed by atoms with Gasteiger partial charge in [0.2, 0.25) is 0 Å². The Morgan fingerprint density at radius 2 is 2.05 bits per heavy atom. The van der Waals surface area contributed by atoms with Crippen molar-refractivity contribution in [2.45, 2.75) is 32.2 Å². The van der Waals surface area contributed by atoms with Crippen molar-refractivity contribution in [3.8, 4) is 0 Å². The monoisotopic (exact) mass is 341 g/mol. The van der Waals surface area contributed by atoms with Crippen LogP contribution in [0.5, 0.6) is 0 Å². The van der Waals surface area contributed by atoms with Gasteiger partial charge in [0.1, 0.15) is 0 Å². The molecule has 3 nitrogen and oxygen atoms in total. The Kier molecular flexibility index (Phi) is 6.02. The maximum Gasteiger partial charge on any atom is 0.0501 e. The average molecular weight is 342 g/mol. The molecule has 2 N–H and O–H groups in total. The second kappa shape index (κ2) is 7.55. The average Bonchev–Trinajstić information content (AvgIpc) is 2.50. The number of hydrogen-bond donors (Lipinski definition) is 2. The zero-order valence-corrected chi connectivity index (χ0v) is 13.7. The topological polar surface area (TPSA) is 41.5 Å². The predicted molar refractivity (Wildman–Crippen MR) is 84.7 cm³/mol. The molecule has 0 radical (unpaired) electrons. The first-order valence-electron chi connectivity index (χ1n) is 7.37. The minimum absolute atomic E-state index is 0.0209. The lowest BCUT2D eigenvalue weighted by atomic mass is 9.80. The number of halogens is 1. The van der Waals surface area contributed by atoms with Gasteiger partial charge in [0.25, 0.3) is 0 Å². The van der Waals surface area contributed by atoms with Crippen molar-refractivity contribution in [3.63, 3.8) is 0 Å². The largest absolute Gasteiger partial charge is 0.396 e. The molecule has 1 fully saturated rings. The van der Waals surface area contributed by atoms with Gasteiger partial charge in [0.05, 0.1) is 6.61 Å². The highest BCUT2D eigenvalue weighted by Crippen LogP contribution is 2.31. The van der Waals surface area contributed by atoms with Crippen LogP contribution in [0.4, 0.5) is 0 Å². The van der Waals surface area contributed by atoms with Crippen LogP contribution in [0.15, 0.2) is 28.7 Å². The van der Waals surface area contributed by atoms with Crippen LogP contribution >= 0.6 is 15.9 Å². The van der Waals surface area contributed by atoms with E-state index in [9.17, 15) is 5.11 Å². The van der Waals surface area contributed by atoms with E-state index in [1.54, 1.807) is 0 Å². The van der Waals surface area contributed by atoms with Gasteiger partial charge in [-0.25, -0.2) is 0 Å². The van der Waals surface area contributed by atoms with Crippen LogP contribution in [0.2, 0.25) is 0 Å². The molecule has 1 saturated heterocycles. The fraction of sp³-hybridized carbons (Fsp3) is 0.625. The smallest absolute Gasteiger partial charge is 0.0501 e. The molecule has 2 rings (SSSR count). The minimum Gasteiger partial charge on any atom is -0.396 e. The van der Waals surface area contributed by atoms with Crippen LogP contribution in [-0.2, 0) is 4.74 Å². The summed E-state index contributed by atoms with van der Waals surface area (Å²) in [6.07, 6.45) is 2.90. The third kappa shape index (κ3) is 3.82. The van der Waals surface area contributed by atoms with E-state index < -0.39 is 0 Å². The summed E-state index contributed by atoms with van der Waals surface area (Å²) in [7, 11) is 0. The van der Waals surface area contributed by atoms with E-state index in [-0.39, 0.29) is 12.0 Å². The van der Waals surface area contributed by atoms with Gasteiger partial charge in [0, 0.05) is 35.7 Å². The molecular weight excluding hydrogens is 318 g/mol. The Morgan fingerprint density at radius 1 is 1.35 bits per heavy atom. The van der Waals surface area contributed by atoms with Crippen LogP contribution in [0.3, 0.4) is 0 Å². The van der Waals surface area contributed by atoms with Crippen LogP contribution in [0.25, 0.3) is 0 Å². The highest BCUT2D eigenvalue weighted by molar-refractivity contribution is 9.10. The standard InChI is InChI=1S/C16H24BrNO2/c1-2-15(13-5-3-4-6-14(13)17)18-11-16(12-19)7-9-20-10-8-16/h3-6,15,18-19H,2,7-12H2,1H3. The molecule has 1 heterocycles. The number of aliphatic hydroxyl groups excluding tert-OH is 1. The van der Waals surface area contributed by atoms with Gasteiger partial charge in [-0.15, -0.1) is 0 Å². The summed E-state index contributed by atoms with van der Waals surface area (Å²) in [5.74, 6) is 0. The maximum atomic E-state index is 9.75. The van der Waals surface area contributed by atoms with Crippen LogP contribution in [-0.4, -0.2) is 31.5 Å². The summed E-state index contributed by atoms with van der Waals surface area (Å²) < 4.78 is 6.56. The summed E-state index contributed by atoms with van der Waals surface area (Å²) in [6, 6.07) is 8.66. The summed E-state index contributed by atoms with van der Waals surface area (Å²) in [5.41, 5.74) is 1.27. The van der Waals surface area contributed by atoms with Gasteiger partial charge in [-0.2, -0.15) is 0 Å². The predicted octanol–water partition coefficient (Wildman–Crippen LogP) is 3.28. The van der Waals surface area contributed by atoms with Crippen molar-refractivity contribution in [1.82, 2.24) is 5.32 Å². The van der Waals surface area contributed by atoms with Gasteiger partial charge in [-0.1, -0.05) is 41.1 Å². The summed E-state index contributed by atoms with van der Waals surface area (Å²) in [5, 5.41) is 13.4. The molecular formula is C16H24BrNO2. The summed E-state index contributed by atoms with van der Waals surface area (Å²) in [4.78, 5) is 0. The van der Waals surface area contributed by atoms with Gasteiger partial charge >= 0.3 is 0 Å². The molecule has 0 bridgehead atoms. The van der Waals surface area contributed by atoms with Gasteiger partial charge < -0.3 is 15.2 Å². The first-order valence-corrected chi connectivity index (χ1v) is 8.16. The minimum atomic E-state index is -0.0209. The van der Waals surface area contributed by atoms with Crippen LogP contribution in [0.1, 0.15) is 37.8 Å². The molecule has 20 heavy (non-hydrogen) atoms. The van der Waals surface area contributed by atoms with E-state index in [1.807, 2.05) is 6.07 Å². The molecule has 1 aliphatic heterocycles. The molecule has 0 spiro atoms. The number of aliphatic hydroxyl groups is 1. The van der Waals surface area contributed by atoms with E-state index in [0.29, 0.717) is 6.04 Å². The Hall–Kier alpha value is -0.420. The molecule has 112 valence electrons. The lowest BCUT2D eigenvalue weighted by molar-refractivity contribution is -0.0166. The zero-order valence-electron chi connectivity index (χ0n) is 12.1. The second-order valence-electron chi connectivity index (χ2n) is 5.63. The van der Waals surface area contributed by atoms with Crippen LogP contribution < -0.4 is 5.32 Å². The number of hydrogen-bond acceptors (Lipinski definition) is 3. The SMILES string of the molecule is CCC(NCC1(CO)CCOCC1)c1ccccc1Br. The molecule has 0 aromatic heterocycles. The molecule has 1 unspecified atom stereocenters. The van der Waals surface area contributed by atoms with E-state index in [1.165, 1.54) is 5.56 Å². The Balaban J connectivity index is 2.01. The highest BCUT2D eigenvalue weighted by Gasteiger charge is 2.32. The zero-order chi connectivity index (χ0) is 14.4. The molecule has 4 heteroatoms. The first-order chi connectivity index (χ1) is 9.71. The van der Waals surface area contributed by atoms with Crippen molar-refractivity contribution in [3.05, 3.63) is 34.3 Å². The Labute approximate surface area is 129 Å². The fourth-order valence-corrected chi connectivity index (χ4v) is 3.33. The molecule has 1 aromatic rings. The normalized spacial score (nSPS) is 19.8. The van der Waals surface area contributed by atoms with E-state index in [4.69, 9.17) is 4.74 Å². The van der Waals surface area contributed by atoms with E-state index in [0.717, 1.165) is 43.5 Å². The summed E-state index contributed by atoms with van der Waals surface area (Å²) in [6.45, 7) is 4.78. The van der Waals surface area contributed by atoms with Crippen molar-refractivity contribution in [2.75, 3.05) is 26.4 Å². The quantitative estimate of drug-likeness (QED) is 0.834. The number of nitrogens with one attached hydrogen (secondary N) is 1. The highest BCUT2D eigenvalue weighted by atomic mass is 79.9. The number of rotatable bonds is 6. The molecule has 1 aromatic carbocycles. The molecule has 0 aliphatic carbocycles. The maximum absolute atomic E-state index is 9.75. The van der Waals surface area contributed by atoms with Crippen LogP contribution in [0, 0.1) is 5.41 Å². The first kappa shape index (κ1) is 16.0. The molecule has 1 aliphatic rings. The van der Waals surface area contributed by atoms with Crippen molar-refractivity contribution >= 4 is 15.9 Å². The number of ether oxygens (including phenoxy) is 1. The third-order valence-corrected chi connectivity index (χ3v) is 5.02. The third-order valence-electron chi connectivity index (χ3n) is 4.30. The van der Waals surface area contributed by atoms with Crippen molar-refractivity contribution in [1.29, 1.82) is 0 Å². The molecule has 0 amide bonds. The van der Waals surface area contributed by atoms with E-state index >= 15 is 0 Å². The lowest BCUT2D eigenvalue weighted by Crippen LogP contribution is -2.42. The lowest BCUT2D eigenvalue weighted by Gasteiger charge is -2.37. The fourth-order valence-electron chi connectivity index (χ4n) is 2.77. The Bertz CT molecular complexity index is 419. The van der Waals surface area contributed by atoms with Gasteiger partial charge in [0.15, 0.2) is 0 Å². The van der Waals surface area contributed by atoms with E-state index in [2.05, 4.69) is 46.4 Å². The Morgan fingerprint density at radius 3 is 2.65 bits per heavy atom. The number of benzene rings is 1. The van der Waals surface area contributed by atoms with Gasteiger partial charge in [-0.05, 0) is 30.9 Å². The van der Waals surface area contributed by atoms with Crippen molar-refractivity contribution < 1.29 is 9.84 Å². The van der Waals surface area contributed by atoms with Gasteiger partial charge in [-0.3, -0.25) is 0 Å². The van der Waals surface area contributed by atoms with Crippen molar-refractivity contribution in [2.24, 2.45) is 5.41 Å².